The lowest BCUT2D eigenvalue weighted by molar-refractivity contribution is -0.141. The molecule has 0 aliphatic rings. The van der Waals surface area contributed by atoms with Gasteiger partial charge in [-0.3, -0.25) is 4.68 Å². The van der Waals surface area contributed by atoms with E-state index < -0.39 is 11.9 Å². The fourth-order valence-electron chi connectivity index (χ4n) is 2.22. The maximum Gasteiger partial charge on any atom is 0.435 e. The molecule has 25 heavy (non-hydrogen) atoms. The monoisotopic (exact) mass is 390 g/mol. The van der Waals surface area contributed by atoms with Crippen molar-refractivity contribution < 1.29 is 13.2 Å². The molecule has 0 fully saturated rings. The molecule has 0 atom stereocenters. The lowest BCUT2D eigenvalue weighted by atomic mass is 10.2. The molecule has 0 amide bonds. The summed E-state index contributed by atoms with van der Waals surface area (Å²) < 4.78 is 39.2. The third-order valence-electron chi connectivity index (χ3n) is 3.62. The molecule has 2 aromatic rings. The quantitative estimate of drug-likeness (QED) is 0.580. The van der Waals surface area contributed by atoms with Gasteiger partial charge in [0.2, 0.25) is 0 Å². The van der Waals surface area contributed by atoms with E-state index >= 15 is 0 Å². The van der Waals surface area contributed by atoms with Gasteiger partial charge in [0.1, 0.15) is 0 Å². The van der Waals surface area contributed by atoms with E-state index in [0.717, 1.165) is 17.3 Å². The molecule has 136 valence electrons. The number of aromatic nitrogens is 2. The second-order valence-corrected chi connectivity index (χ2v) is 6.35. The largest absolute Gasteiger partial charge is 0.435 e. The zero-order chi connectivity index (χ0) is 18.6. The van der Waals surface area contributed by atoms with Gasteiger partial charge in [-0.15, -0.1) is 0 Å². The van der Waals surface area contributed by atoms with E-state index in [-0.39, 0.29) is 0 Å². The molecule has 0 radical (unpaired) electrons. The Bertz CT molecular complexity index is 758. The summed E-state index contributed by atoms with van der Waals surface area (Å²) in [7, 11) is 0. The highest BCUT2D eigenvalue weighted by molar-refractivity contribution is 7.80. The molecular weight excluding hydrogens is 373 g/mol. The van der Waals surface area contributed by atoms with Crippen LogP contribution in [0.2, 0.25) is 5.02 Å². The average Bonchev–Trinajstić information content (AvgIpc) is 2.90. The number of hydrogen-bond acceptors (Lipinski definition) is 2. The van der Waals surface area contributed by atoms with Crippen LogP contribution in [0.15, 0.2) is 24.3 Å². The summed E-state index contributed by atoms with van der Waals surface area (Å²) in [5.74, 6) is 0. The highest BCUT2D eigenvalue weighted by atomic mass is 35.5. The Balaban J connectivity index is 1.80. The van der Waals surface area contributed by atoms with Gasteiger partial charge in [-0.25, -0.2) is 0 Å². The van der Waals surface area contributed by atoms with Crippen LogP contribution in [0.5, 0.6) is 0 Å². The number of nitrogens with zero attached hydrogens (tertiary/aromatic N) is 2. The topological polar surface area (TPSA) is 41.9 Å². The summed E-state index contributed by atoms with van der Waals surface area (Å²) in [5.41, 5.74) is 1.30. The van der Waals surface area contributed by atoms with Gasteiger partial charge in [0.05, 0.1) is 0 Å². The minimum atomic E-state index is -4.42. The summed E-state index contributed by atoms with van der Waals surface area (Å²) in [4.78, 5) is 0. The van der Waals surface area contributed by atoms with Crippen LogP contribution in [0.3, 0.4) is 0 Å². The molecule has 0 saturated heterocycles. The van der Waals surface area contributed by atoms with Crippen LogP contribution in [0, 0.1) is 13.8 Å². The van der Waals surface area contributed by atoms with Crippen LogP contribution in [-0.4, -0.2) is 21.4 Å². The predicted molar refractivity (Wildman–Crippen MR) is 97.0 cm³/mol. The molecule has 0 spiro atoms. The number of aryl methyl sites for hydroxylation is 2. The van der Waals surface area contributed by atoms with Gasteiger partial charge in [-0.1, -0.05) is 17.7 Å². The molecule has 2 N–H and O–H groups in total. The van der Waals surface area contributed by atoms with Crippen molar-refractivity contribution in [3.05, 3.63) is 46.2 Å². The fourth-order valence-corrected chi connectivity index (χ4v) is 2.60. The number of alkyl halides is 3. The summed E-state index contributed by atoms with van der Waals surface area (Å²) in [6, 6.07) is 6.52. The Hall–Kier alpha value is -1.80. The number of benzene rings is 1. The number of thiocarbonyl (C=S) groups is 1. The molecule has 4 nitrogen and oxygen atoms in total. The highest BCUT2D eigenvalue weighted by Gasteiger charge is 2.34. The minimum absolute atomic E-state index is 0.369. The molecule has 1 aromatic carbocycles. The standard InChI is InChI=1S/C16H18ClF3N4S/c1-10-9-14(16(18,19)20)23-24(10)8-4-7-21-15(25)22-13-6-3-5-12(17)11(13)2/h3,5-6,9H,4,7-8H2,1-2H3,(H2,21,22,25). The molecular formula is C16H18ClF3N4S. The third kappa shape index (κ3) is 5.34. The fraction of sp³-hybridized carbons (Fsp3) is 0.375. The second kappa shape index (κ2) is 8.05. The summed E-state index contributed by atoms with van der Waals surface area (Å²) in [6.07, 6.45) is -3.84. The van der Waals surface area contributed by atoms with Crippen molar-refractivity contribution in [3.8, 4) is 0 Å². The van der Waals surface area contributed by atoms with Crippen LogP contribution >= 0.6 is 23.8 Å². The van der Waals surface area contributed by atoms with Crippen LogP contribution in [0.25, 0.3) is 0 Å². The van der Waals surface area contributed by atoms with Crippen molar-refractivity contribution >= 4 is 34.6 Å². The molecule has 0 aliphatic heterocycles. The van der Waals surface area contributed by atoms with Crippen LogP contribution < -0.4 is 10.6 Å². The van der Waals surface area contributed by atoms with E-state index in [1.165, 1.54) is 4.68 Å². The SMILES string of the molecule is Cc1c(Cl)cccc1NC(=S)NCCCn1nc(C(F)(F)F)cc1C. The zero-order valence-electron chi connectivity index (χ0n) is 13.7. The van der Waals surface area contributed by atoms with E-state index in [0.29, 0.717) is 35.3 Å². The van der Waals surface area contributed by atoms with Gasteiger partial charge in [0.15, 0.2) is 10.8 Å². The predicted octanol–water partition coefficient (Wildman–Crippen LogP) is 4.55. The van der Waals surface area contributed by atoms with Crippen molar-refractivity contribution in [2.24, 2.45) is 0 Å². The maximum atomic E-state index is 12.6. The average molecular weight is 391 g/mol. The lowest BCUT2D eigenvalue weighted by Gasteiger charge is -2.13. The number of anilines is 1. The molecule has 0 saturated carbocycles. The smallest absolute Gasteiger partial charge is 0.362 e. The van der Waals surface area contributed by atoms with Gasteiger partial charge in [-0.2, -0.15) is 18.3 Å². The molecule has 1 heterocycles. The van der Waals surface area contributed by atoms with Crippen molar-refractivity contribution in [1.82, 2.24) is 15.1 Å². The Kier molecular flexibility index (Phi) is 6.29. The van der Waals surface area contributed by atoms with E-state index in [9.17, 15) is 13.2 Å². The summed E-state index contributed by atoms with van der Waals surface area (Å²) in [5, 5.41) is 10.7. The van der Waals surface area contributed by atoms with Gasteiger partial charge >= 0.3 is 6.18 Å². The van der Waals surface area contributed by atoms with Crippen LogP contribution in [0.4, 0.5) is 18.9 Å². The number of hydrogen-bond donors (Lipinski definition) is 2. The van der Waals surface area contributed by atoms with E-state index in [1.807, 2.05) is 19.1 Å². The molecule has 2 rings (SSSR count). The Morgan fingerprint density at radius 2 is 2.04 bits per heavy atom. The third-order valence-corrected chi connectivity index (χ3v) is 4.28. The Morgan fingerprint density at radius 3 is 2.68 bits per heavy atom. The zero-order valence-corrected chi connectivity index (χ0v) is 15.3. The number of halogens is 4. The highest BCUT2D eigenvalue weighted by Crippen LogP contribution is 2.28. The van der Waals surface area contributed by atoms with Crippen molar-refractivity contribution in [1.29, 1.82) is 0 Å². The second-order valence-electron chi connectivity index (χ2n) is 5.54. The molecule has 9 heteroatoms. The molecule has 0 bridgehead atoms. The first-order valence-corrected chi connectivity index (χ1v) is 8.38. The lowest BCUT2D eigenvalue weighted by Crippen LogP contribution is -2.30. The van der Waals surface area contributed by atoms with Gasteiger partial charge in [-0.05, 0) is 56.2 Å². The Labute approximate surface area is 154 Å². The van der Waals surface area contributed by atoms with E-state index in [1.54, 1.807) is 13.0 Å². The van der Waals surface area contributed by atoms with Crippen molar-refractivity contribution in [3.63, 3.8) is 0 Å². The van der Waals surface area contributed by atoms with Crippen molar-refractivity contribution in [2.45, 2.75) is 33.0 Å². The first-order chi connectivity index (χ1) is 11.7. The molecule has 0 aliphatic carbocycles. The van der Waals surface area contributed by atoms with Gasteiger partial charge in [0.25, 0.3) is 0 Å². The summed E-state index contributed by atoms with van der Waals surface area (Å²) in [6.45, 7) is 4.36. The minimum Gasteiger partial charge on any atom is -0.362 e. The first-order valence-electron chi connectivity index (χ1n) is 7.60. The first kappa shape index (κ1) is 19.5. The van der Waals surface area contributed by atoms with Crippen molar-refractivity contribution in [2.75, 3.05) is 11.9 Å². The van der Waals surface area contributed by atoms with Crippen LogP contribution in [0.1, 0.15) is 23.4 Å². The maximum absolute atomic E-state index is 12.6. The van der Waals surface area contributed by atoms with Crippen LogP contribution in [-0.2, 0) is 12.7 Å². The van der Waals surface area contributed by atoms with E-state index in [4.69, 9.17) is 23.8 Å². The molecule has 0 unspecified atom stereocenters. The summed E-state index contributed by atoms with van der Waals surface area (Å²) >= 11 is 11.3. The van der Waals surface area contributed by atoms with Gasteiger partial charge < -0.3 is 10.6 Å². The molecule has 1 aromatic heterocycles. The normalized spacial score (nSPS) is 11.4. The Morgan fingerprint density at radius 1 is 1.32 bits per heavy atom. The van der Waals surface area contributed by atoms with E-state index in [2.05, 4.69) is 15.7 Å². The number of rotatable bonds is 5. The number of nitrogens with one attached hydrogen (secondary N) is 2. The van der Waals surface area contributed by atoms with Gasteiger partial charge in [0, 0.05) is 29.5 Å².